The van der Waals surface area contributed by atoms with Crippen molar-refractivity contribution in [2.24, 2.45) is 0 Å². The fourth-order valence-electron chi connectivity index (χ4n) is 3.15. The van der Waals surface area contributed by atoms with E-state index in [9.17, 15) is 0 Å². The van der Waals surface area contributed by atoms with Crippen LogP contribution in [0.1, 0.15) is 39.5 Å². The van der Waals surface area contributed by atoms with Gasteiger partial charge in [0.05, 0.1) is 6.61 Å². The van der Waals surface area contributed by atoms with E-state index in [1.807, 2.05) is 46.0 Å². The summed E-state index contributed by atoms with van der Waals surface area (Å²) in [6, 6.07) is 0.540. The molecule has 1 aliphatic heterocycles. The second kappa shape index (κ2) is 12.4. The maximum atomic E-state index is 5.95. The molecule has 4 fully saturated rings. The van der Waals surface area contributed by atoms with Gasteiger partial charge in [0.2, 0.25) is 5.79 Å². The van der Waals surface area contributed by atoms with Crippen molar-refractivity contribution >= 4 is 12.4 Å². The Balaban J connectivity index is 0.000000455. The fourth-order valence-corrected chi connectivity index (χ4v) is 3.15. The van der Waals surface area contributed by atoms with Crippen LogP contribution in [0.15, 0.2) is 0 Å². The van der Waals surface area contributed by atoms with Gasteiger partial charge < -0.3 is 10.1 Å². The summed E-state index contributed by atoms with van der Waals surface area (Å²) in [7, 11) is 0. The van der Waals surface area contributed by atoms with Crippen LogP contribution < -0.4 is 5.32 Å². The number of nitrogens with one attached hydrogen (secondary N) is 1. The summed E-state index contributed by atoms with van der Waals surface area (Å²) in [5.41, 5.74) is -0.335. The molecule has 1 saturated heterocycles. The van der Waals surface area contributed by atoms with Gasteiger partial charge in [0, 0.05) is 25.4 Å². The molecule has 4 rings (SSSR count). The van der Waals surface area contributed by atoms with Gasteiger partial charge in [-0.1, -0.05) is 0 Å². The first-order valence-electron chi connectivity index (χ1n) is 9.18. The topological polar surface area (TPSA) is 39.7 Å². The molecule has 0 amide bonds. The standard InChI is InChI=1S/C16H24NO3.C5H5.ClH.Fe/c1-15(2)12-18-16(20-19-15)9-7-14(8-10-16)17-11-13-5-3-4-6-13;1-2-4-5-3-1;;/h3-6,14,17H,7-12H2,1-2H3;1-5H;1H;/q;;;+2. The minimum absolute atomic E-state index is 0. The first kappa shape index (κ1) is 25.7. The van der Waals surface area contributed by atoms with Gasteiger partial charge in [0.15, 0.2) is 0 Å². The van der Waals surface area contributed by atoms with E-state index >= 15 is 0 Å². The summed E-state index contributed by atoms with van der Waals surface area (Å²) < 4.78 is 5.95. The Morgan fingerprint density at radius 2 is 1.48 bits per heavy atom. The monoisotopic (exact) mass is 435 g/mol. The summed E-state index contributed by atoms with van der Waals surface area (Å²) >= 11 is 0. The third kappa shape index (κ3) is 8.50. The van der Waals surface area contributed by atoms with Crippen LogP contribution in [0.25, 0.3) is 0 Å². The summed E-state index contributed by atoms with van der Waals surface area (Å²) in [5, 5.41) is 3.61. The Labute approximate surface area is 183 Å². The van der Waals surface area contributed by atoms with E-state index in [0.717, 1.165) is 32.2 Å². The number of rotatable bonds is 3. The van der Waals surface area contributed by atoms with E-state index in [1.165, 1.54) is 5.92 Å². The molecule has 4 aliphatic rings. The van der Waals surface area contributed by atoms with Crippen molar-refractivity contribution in [3.8, 4) is 0 Å². The molecular formula is C21H30ClFeNO3+2. The Bertz CT molecular complexity index is 373. The first-order valence-corrected chi connectivity index (χ1v) is 9.18. The van der Waals surface area contributed by atoms with Crippen LogP contribution in [0.2, 0.25) is 0 Å². The Morgan fingerprint density at radius 1 is 0.926 bits per heavy atom. The van der Waals surface area contributed by atoms with Gasteiger partial charge in [-0.3, -0.25) is 0 Å². The Kier molecular flexibility index (Phi) is 11.8. The van der Waals surface area contributed by atoms with Crippen LogP contribution >= 0.6 is 12.4 Å². The van der Waals surface area contributed by atoms with Crippen LogP contribution in [-0.4, -0.2) is 30.6 Å². The molecule has 150 valence electrons. The van der Waals surface area contributed by atoms with Crippen LogP contribution in [0.5, 0.6) is 0 Å². The molecule has 0 atom stereocenters. The molecule has 0 aromatic rings. The molecule has 0 aromatic carbocycles. The van der Waals surface area contributed by atoms with Gasteiger partial charge >= 0.3 is 17.1 Å². The van der Waals surface area contributed by atoms with Gasteiger partial charge in [-0.2, -0.15) is 0 Å². The largest absolute Gasteiger partial charge is 2.00 e. The zero-order chi connectivity index (χ0) is 17.6. The SMILES string of the molecule is CC1(C)COC2(CCC(NC[C]3[CH][CH][CH][CH]3)CC2)OO1.Cl.[CH]1[CH][CH][CH][CH]1.[Fe+2]. The van der Waals surface area contributed by atoms with E-state index in [2.05, 4.69) is 31.0 Å². The number of hydrogen-bond donors (Lipinski definition) is 1. The summed E-state index contributed by atoms with van der Waals surface area (Å²) in [5.74, 6) is 0.842. The molecule has 27 heavy (non-hydrogen) atoms. The van der Waals surface area contributed by atoms with Crippen molar-refractivity contribution in [3.63, 3.8) is 0 Å². The Hall–Kier alpha value is 0.649. The number of hydrogen-bond acceptors (Lipinski definition) is 4. The van der Waals surface area contributed by atoms with E-state index in [4.69, 9.17) is 14.5 Å². The minimum atomic E-state index is -0.506. The normalized spacial score (nSPS) is 32.9. The summed E-state index contributed by atoms with van der Waals surface area (Å²) in [4.78, 5) is 11.0. The van der Waals surface area contributed by atoms with Crippen LogP contribution in [0.4, 0.5) is 0 Å². The van der Waals surface area contributed by atoms with Crippen molar-refractivity contribution in [3.05, 3.63) is 63.7 Å². The van der Waals surface area contributed by atoms with Crippen LogP contribution in [0, 0.1) is 63.7 Å². The molecular weight excluding hydrogens is 406 g/mol. The van der Waals surface area contributed by atoms with Gasteiger partial charge in [-0.25, -0.2) is 9.78 Å². The smallest absolute Gasteiger partial charge is 0.344 e. The Morgan fingerprint density at radius 3 is 1.96 bits per heavy atom. The average molecular weight is 436 g/mol. The second-order valence-corrected chi connectivity index (χ2v) is 7.54. The molecule has 4 nitrogen and oxygen atoms in total. The zero-order valence-corrected chi connectivity index (χ0v) is 17.9. The molecule has 3 saturated carbocycles. The molecule has 10 radical (unpaired) electrons. The van der Waals surface area contributed by atoms with Crippen molar-refractivity contribution < 1.29 is 31.6 Å². The summed E-state index contributed by atoms with van der Waals surface area (Å²) in [6.07, 6.45) is 22.4. The van der Waals surface area contributed by atoms with Crippen LogP contribution in [0.3, 0.4) is 0 Å². The maximum Gasteiger partial charge on any atom is 2.00 e. The van der Waals surface area contributed by atoms with E-state index in [-0.39, 0.29) is 35.1 Å². The predicted octanol–water partition coefficient (Wildman–Crippen LogP) is 3.82. The van der Waals surface area contributed by atoms with Crippen LogP contribution in [-0.2, 0) is 31.6 Å². The molecule has 3 aliphatic carbocycles. The van der Waals surface area contributed by atoms with E-state index in [1.54, 1.807) is 0 Å². The molecule has 0 aromatic heterocycles. The second-order valence-electron chi connectivity index (χ2n) is 7.54. The van der Waals surface area contributed by atoms with Crippen molar-refractivity contribution in [2.75, 3.05) is 13.2 Å². The number of ether oxygens (including phenoxy) is 1. The third-order valence-electron chi connectivity index (χ3n) is 4.73. The summed E-state index contributed by atoms with van der Waals surface area (Å²) in [6.45, 7) is 5.49. The van der Waals surface area contributed by atoms with Crippen molar-refractivity contribution in [2.45, 2.75) is 57.0 Å². The van der Waals surface area contributed by atoms with E-state index in [0.29, 0.717) is 12.6 Å². The third-order valence-corrected chi connectivity index (χ3v) is 4.73. The molecule has 0 bridgehead atoms. The van der Waals surface area contributed by atoms with E-state index < -0.39 is 5.79 Å². The van der Waals surface area contributed by atoms with Gasteiger partial charge in [0.25, 0.3) is 0 Å². The molecule has 1 spiro atoms. The minimum Gasteiger partial charge on any atom is -0.344 e. The van der Waals surface area contributed by atoms with Crippen molar-refractivity contribution in [1.29, 1.82) is 0 Å². The average Bonchev–Trinajstić information content (AvgIpc) is 3.34. The van der Waals surface area contributed by atoms with Gasteiger partial charge in [-0.05, 0) is 90.4 Å². The quantitative estimate of drug-likeness (QED) is 0.540. The van der Waals surface area contributed by atoms with Gasteiger partial charge in [0.1, 0.15) is 5.60 Å². The fraction of sp³-hybridized carbons (Fsp3) is 0.524. The predicted molar refractivity (Wildman–Crippen MR) is 104 cm³/mol. The maximum absolute atomic E-state index is 5.95. The molecule has 1 N–H and O–H groups in total. The zero-order valence-electron chi connectivity index (χ0n) is 16.0. The number of halogens is 1. The molecule has 1 heterocycles. The first-order chi connectivity index (χ1) is 12.1. The van der Waals surface area contributed by atoms with Gasteiger partial charge in [-0.15, -0.1) is 12.4 Å². The van der Waals surface area contributed by atoms with Crippen molar-refractivity contribution in [1.82, 2.24) is 5.32 Å². The molecule has 6 heteroatoms. The molecule has 0 unspecified atom stereocenters.